The molecule has 1 fully saturated rings. The number of benzene rings is 2. The van der Waals surface area contributed by atoms with Crippen LogP contribution < -0.4 is 0 Å². The van der Waals surface area contributed by atoms with Crippen LogP contribution in [-0.4, -0.2) is 47.0 Å². The van der Waals surface area contributed by atoms with Crippen LogP contribution in [0.4, 0.5) is 4.79 Å². The normalized spacial score (nSPS) is 19.1. The molecule has 2 aromatic rings. The van der Waals surface area contributed by atoms with Crippen molar-refractivity contribution >= 4 is 17.8 Å². The van der Waals surface area contributed by atoms with Gasteiger partial charge in [-0.1, -0.05) is 68.8 Å². The molecule has 0 saturated carbocycles. The summed E-state index contributed by atoms with van der Waals surface area (Å²) in [6, 6.07) is 15.7. The molecule has 2 aromatic carbocycles. The lowest BCUT2D eigenvalue weighted by atomic mass is 9.84. The lowest BCUT2D eigenvalue weighted by molar-refractivity contribution is -0.146. The van der Waals surface area contributed by atoms with Crippen LogP contribution in [0, 0.1) is 11.8 Å². The predicted molar refractivity (Wildman–Crippen MR) is 130 cm³/mol. The van der Waals surface area contributed by atoms with Gasteiger partial charge in [0.2, 0.25) is 0 Å². The topological polar surface area (TPSA) is 83.9 Å². The maximum atomic E-state index is 13.1. The zero-order valence-corrected chi connectivity index (χ0v) is 19.9. The van der Waals surface area contributed by atoms with Crippen molar-refractivity contribution in [1.29, 1.82) is 0 Å². The van der Waals surface area contributed by atoms with Gasteiger partial charge in [0, 0.05) is 18.9 Å². The number of nitrogens with zero attached hydrogens (tertiary/aromatic N) is 1. The standard InChI is InChI=1S/C28H33NO5/c1-3-18(2)23(27(31)32)16-26(30)25-14-8-9-15-29(25)28(33)34-17-24-21-12-6-4-10-19(21)20-11-5-7-13-22(20)24/h4-7,10-13,18,23-25H,3,8-9,14-17H2,1-2H3,(H,31,32)/t18-,23+,25-/m0/s1. The van der Waals surface area contributed by atoms with Gasteiger partial charge in [-0.3, -0.25) is 14.5 Å². The molecular weight excluding hydrogens is 430 g/mol. The van der Waals surface area contributed by atoms with Crippen molar-refractivity contribution in [3.8, 4) is 11.1 Å². The summed E-state index contributed by atoms with van der Waals surface area (Å²) in [7, 11) is 0. The number of carboxylic acids is 1. The van der Waals surface area contributed by atoms with Crippen LogP contribution in [0.1, 0.15) is 63.0 Å². The molecule has 1 aliphatic carbocycles. The molecule has 0 aromatic heterocycles. The van der Waals surface area contributed by atoms with E-state index in [4.69, 9.17) is 4.74 Å². The predicted octanol–water partition coefficient (Wildman–Crippen LogP) is 5.50. The Morgan fingerprint density at radius 1 is 1.03 bits per heavy atom. The quantitative estimate of drug-likeness (QED) is 0.559. The van der Waals surface area contributed by atoms with Crippen LogP contribution in [-0.2, 0) is 14.3 Å². The maximum absolute atomic E-state index is 13.1. The number of fused-ring (bicyclic) bond motifs is 3. The first-order valence-corrected chi connectivity index (χ1v) is 12.3. The Hall–Kier alpha value is -3.15. The third-order valence-electron chi connectivity index (χ3n) is 7.51. The number of rotatable bonds is 8. The fourth-order valence-electron chi connectivity index (χ4n) is 5.33. The van der Waals surface area contributed by atoms with E-state index in [0.29, 0.717) is 19.4 Å². The number of carbonyl (C=O) groups excluding carboxylic acids is 2. The Balaban J connectivity index is 1.46. The SMILES string of the molecule is CC[C@H](C)[C@@H](CC(=O)[C@@H]1CCCCN1C(=O)OCC1c2ccccc2-c2ccccc21)C(=O)O. The zero-order valence-electron chi connectivity index (χ0n) is 19.9. The summed E-state index contributed by atoms with van der Waals surface area (Å²) in [4.78, 5) is 39.5. The molecule has 0 bridgehead atoms. The smallest absolute Gasteiger partial charge is 0.410 e. The zero-order chi connectivity index (χ0) is 24.2. The molecule has 0 unspecified atom stereocenters. The average Bonchev–Trinajstić information content (AvgIpc) is 3.18. The summed E-state index contributed by atoms with van der Waals surface area (Å²) in [5, 5.41) is 9.61. The van der Waals surface area contributed by atoms with Crippen LogP contribution in [0.15, 0.2) is 48.5 Å². The number of ketones is 1. The van der Waals surface area contributed by atoms with Crippen LogP contribution in [0.25, 0.3) is 11.1 Å². The number of ether oxygens (including phenoxy) is 1. The van der Waals surface area contributed by atoms with Crippen molar-refractivity contribution in [2.45, 2.75) is 57.9 Å². The number of Topliss-reactive ketones (excluding diaryl/α,β-unsaturated/α-hetero) is 1. The second-order valence-corrected chi connectivity index (χ2v) is 9.51. The number of hydrogen-bond acceptors (Lipinski definition) is 4. The summed E-state index contributed by atoms with van der Waals surface area (Å²) in [5.74, 6) is -2.01. The number of carboxylic acid groups (broad SMARTS) is 1. The highest BCUT2D eigenvalue weighted by atomic mass is 16.6. The lowest BCUT2D eigenvalue weighted by Crippen LogP contribution is -2.49. The van der Waals surface area contributed by atoms with E-state index >= 15 is 0 Å². The number of piperidine rings is 1. The minimum atomic E-state index is -0.953. The van der Waals surface area contributed by atoms with Crippen LogP contribution >= 0.6 is 0 Å². The maximum Gasteiger partial charge on any atom is 0.410 e. The van der Waals surface area contributed by atoms with Crippen LogP contribution in [0.5, 0.6) is 0 Å². The molecule has 4 rings (SSSR count). The molecule has 0 spiro atoms. The summed E-state index contributed by atoms with van der Waals surface area (Å²) in [5.41, 5.74) is 4.60. The van der Waals surface area contributed by atoms with E-state index in [0.717, 1.165) is 35.1 Å². The molecule has 3 atom stereocenters. The molecule has 1 heterocycles. The highest BCUT2D eigenvalue weighted by Crippen LogP contribution is 2.44. The van der Waals surface area contributed by atoms with Gasteiger partial charge in [-0.05, 0) is 47.4 Å². The summed E-state index contributed by atoms with van der Waals surface area (Å²) in [6.07, 6.45) is 2.34. The van der Waals surface area contributed by atoms with Crippen LogP contribution in [0.2, 0.25) is 0 Å². The summed E-state index contributed by atoms with van der Waals surface area (Å²) >= 11 is 0. The first kappa shape index (κ1) is 24.0. The molecule has 180 valence electrons. The first-order chi connectivity index (χ1) is 16.4. The van der Waals surface area contributed by atoms with Gasteiger partial charge in [0.15, 0.2) is 5.78 Å². The van der Waals surface area contributed by atoms with Crippen molar-refractivity contribution in [3.63, 3.8) is 0 Å². The molecule has 1 aliphatic heterocycles. The molecular formula is C28H33NO5. The minimum absolute atomic E-state index is 0.0444. The minimum Gasteiger partial charge on any atom is -0.481 e. The lowest BCUT2D eigenvalue weighted by Gasteiger charge is -2.35. The van der Waals surface area contributed by atoms with E-state index in [-0.39, 0.29) is 30.6 Å². The second-order valence-electron chi connectivity index (χ2n) is 9.51. The Morgan fingerprint density at radius 3 is 2.24 bits per heavy atom. The highest BCUT2D eigenvalue weighted by molar-refractivity contribution is 5.90. The second kappa shape index (κ2) is 10.4. The Morgan fingerprint density at radius 2 is 1.65 bits per heavy atom. The molecule has 6 nitrogen and oxygen atoms in total. The summed E-state index contributed by atoms with van der Waals surface area (Å²) < 4.78 is 5.80. The van der Waals surface area contributed by atoms with Gasteiger partial charge in [-0.2, -0.15) is 0 Å². The number of hydrogen-bond donors (Lipinski definition) is 1. The van der Waals surface area contributed by atoms with Crippen molar-refractivity contribution in [3.05, 3.63) is 59.7 Å². The van der Waals surface area contributed by atoms with Gasteiger partial charge in [0.05, 0.1) is 12.0 Å². The van der Waals surface area contributed by atoms with E-state index in [9.17, 15) is 19.5 Å². The highest BCUT2D eigenvalue weighted by Gasteiger charge is 2.37. The Labute approximate surface area is 200 Å². The van der Waals surface area contributed by atoms with Gasteiger partial charge >= 0.3 is 12.1 Å². The fraction of sp³-hybridized carbons (Fsp3) is 0.464. The molecule has 6 heteroatoms. The van der Waals surface area contributed by atoms with Gasteiger partial charge in [0.25, 0.3) is 0 Å². The van der Waals surface area contributed by atoms with Crippen molar-refractivity contribution < 1.29 is 24.2 Å². The van der Waals surface area contributed by atoms with Crippen LogP contribution in [0.3, 0.4) is 0 Å². The van der Waals surface area contributed by atoms with E-state index in [1.54, 1.807) is 0 Å². The first-order valence-electron chi connectivity index (χ1n) is 12.3. The van der Waals surface area contributed by atoms with Crippen molar-refractivity contribution in [1.82, 2.24) is 4.90 Å². The monoisotopic (exact) mass is 463 g/mol. The van der Waals surface area contributed by atoms with Crippen molar-refractivity contribution in [2.75, 3.05) is 13.2 Å². The third kappa shape index (κ3) is 4.72. The summed E-state index contributed by atoms with van der Waals surface area (Å²) in [6.45, 7) is 4.44. The number of amides is 1. The Kier molecular flexibility index (Phi) is 7.35. The molecule has 2 aliphatic rings. The van der Waals surface area contributed by atoms with Gasteiger partial charge in [-0.25, -0.2) is 4.79 Å². The average molecular weight is 464 g/mol. The van der Waals surface area contributed by atoms with Gasteiger partial charge in [-0.15, -0.1) is 0 Å². The molecule has 1 N–H and O–H groups in total. The Bertz CT molecular complexity index is 1020. The fourth-order valence-corrected chi connectivity index (χ4v) is 5.33. The number of aliphatic carboxylic acids is 1. The molecule has 34 heavy (non-hydrogen) atoms. The van der Waals surface area contributed by atoms with E-state index in [2.05, 4.69) is 24.3 Å². The van der Waals surface area contributed by atoms with Crippen molar-refractivity contribution in [2.24, 2.45) is 11.8 Å². The third-order valence-corrected chi connectivity index (χ3v) is 7.51. The molecule has 1 amide bonds. The van der Waals surface area contributed by atoms with Gasteiger partial charge < -0.3 is 9.84 Å². The van der Waals surface area contributed by atoms with E-state index in [1.807, 2.05) is 38.1 Å². The number of likely N-dealkylation sites (tertiary alicyclic amines) is 1. The molecule has 1 saturated heterocycles. The van der Waals surface area contributed by atoms with E-state index < -0.39 is 24.0 Å². The number of carbonyl (C=O) groups is 3. The largest absolute Gasteiger partial charge is 0.481 e. The van der Waals surface area contributed by atoms with Gasteiger partial charge in [0.1, 0.15) is 6.61 Å². The van der Waals surface area contributed by atoms with E-state index in [1.165, 1.54) is 4.90 Å². The molecule has 0 radical (unpaired) electrons.